The van der Waals surface area contributed by atoms with Crippen molar-refractivity contribution in [3.63, 3.8) is 0 Å². The Hall–Kier alpha value is -2.03. The Balaban J connectivity index is 1.98. The first-order valence-electron chi connectivity index (χ1n) is 5.92. The van der Waals surface area contributed by atoms with E-state index in [9.17, 15) is 14.9 Å². The van der Waals surface area contributed by atoms with Crippen LogP contribution >= 0.6 is 0 Å². The van der Waals surface area contributed by atoms with Gasteiger partial charge in [-0.1, -0.05) is 4.98 Å². The van der Waals surface area contributed by atoms with Crippen LogP contribution in [0.1, 0.15) is 13.8 Å². The van der Waals surface area contributed by atoms with Crippen molar-refractivity contribution in [2.24, 2.45) is 0 Å². The minimum atomic E-state index is -0.695. The normalized spacial score (nSPS) is 23.4. The molecule has 0 unspecified atom stereocenters. The van der Waals surface area contributed by atoms with Crippen LogP contribution in [0, 0.1) is 10.1 Å². The van der Waals surface area contributed by atoms with Gasteiger partial charge in [0.25, 0.3) is 0 Å². The number of carbonyl (C=O) groups excluding carboxylic acids is 1. The summed E-state index contributed by atoms with van der Waals surface area (Å²) in [7, 11) is 0. The minimum absolute atomic E-state index is 0.0159. The van der Waals surface area contributed by atoms with E-state index < -0.39 is 10.9 Å². The number of hydrogen-bond acceptors (Lipinski definition) is 6. The Morgan fingerprint density at radius 3 is 2.68 bits per heavy atom. The summed E-state index contributed by atoms with van der Waals surface area (Å²) in [5, 5.41) is 14.1. The van der Waals surface area contributed by atoms with Crippen molar-refractivity contribution in [1.29, 1.82) is 0 Å². The van der Waals surface area contributed by atoms with Gasteiger partial charge in [-0.05, 0) is 18.8 Å². The monoisotopic (exact) mass is 269 g/mol. The second-order valence-electron chi connectivity index (χ2n) is 4.56. The molecule has 2 atom stereocenters. The second-order valence-corrected chi connectivity index (χ2v) is 4.56. The molecule has 1 saturated heterocycles. The molecule has 104 valence electrons. The molecule has 2 heterocycles. The molecule has 19 heavy (non-hydrogen) atoms. The standard InChI is InChI=1S/C10H15N5O4/c1-7-3-13(4-8(2)19-7)9(16)5-14-6-11-10(12-14)15(17)18/h6-8H,3-5H2,1-2H3/t7-,8-/m1/s1. The number of rotatable bonds is 3. The Kier molecular flexibility index (Phi) is 3.74. The van der Waals surface area contributed by atoms with Gasteiger partial charge in [0.05, 0.1) is 12.2 Å². The van der Waals surface area contributed by atoms with Gasteiger partial charge in [0.1, 0.15) is 6.54 Å². The fourth-order valence-corrected chi connectivity index (χ4v) is 2.06. The summed E-state index contributed by atoms with van der Waals surface area (Å²) in [5.74, 6) is -0.654. The van der Waals surface area contributed by atoms with Gasteiger partial charge in [-0.2, -0.15) is 4.68 Å². The largest absolute Gasteiger partial charge is 0.490 e. The Morgan fingerprint density at radius 2 is 2.16 bits per heavy atom. The zero-order valence-electron chi connectivity index (χ0n) is 10.7. The Labute approximate surface area is 109 Å². The summed E-state index contributed by atoms with van der Waals surface area (Å²) >= 11 is 0. The van der Waals surface area contributed by atoms with Gasteiger partial charge in [0.2, 0.25) is 12.2 Å². The number of ether oxygens (including phenoxy) is 1. The number of amides is 1. The molecule has 1 aliphatic heterocycles. The SMILES string of the molecule is C[C@@H]1CN(C(=O)Cn2cnc([N+](=O)[O-])n2)C[C@@H](C)O1. The van der Waals surface area contributed by atoms with E-state index in [2.05, 4.69) is 10.1 Å². The number of morpholine rings is 1. The lowest BCUT2D eigenvalue weighted by Crippen LogP contribution is -2.49. The van der Waals surface area contributed by atoms with Crippen LogP contribution in [-0.4, -0.2) is 55.8 Å². The molecule has 1 fully saturated rings. The summed E-state index contributed by atoms with van der Waals surface area (Å²) in [6, 6.07) is 0. The van der Waals surface area contributed by atoms with Crippen LogP contribution in [-0.2, 0) is 16.1 Å². The maximum Gasteiger partial charge on any atom is 0.490 e. The van der Waals surface area contributed by atoms with E-state index in [0.717, 1.165) is 0 Å². The van der Waals surface area contributed by atoms with Crippen LogP contribution < -0.4 is 0 Å². The molecule has 1 amide bonds. The lowest BCUT2D eigenvalue weighted by Gasteiger charge is -2.35. The molecule has 9 nitrogen and oxygen atoms in total. The fraction of sp³-hybridized carbons (Fsp3) is 0.700. The molecule has 2 rings (SSSR count). The predicted molar refractivity (Wildman–Crippen MR) is 63.3 cm³/mol. The molecule has 9 heteroatoms. The zero-order valence-corrected chi connectivity index (χ0v) is 10.7. The molecule has 0 radical (unpaired) electrons. The lowest BCUT2D eigenvalue weighted by molar-refractivity contribution is -0.394. The van der Waals surface area contributed by atoms with Crippen LogP contribution in [0.3, 0.4) is 0 Å². The van der Waals surface area contributed by atoms with Crippen molar-refractivity contribution in [3.8, 4) is 0 Å². The van der Waals surface area contributed by atoms with Gasteiger partial charge in [-0.15, -0.1) is 0 Å². The van der Waals surface area contributed by atoms with E-state index in [-0.39, 0.29) is 24.7 Å². The van der Waals surface area contributed by atoms with Crippen molar-refractivity contribution in [1.82, 2.24) is 19.7 Å². The van der Waals surface area contributed by atoms with Gasteiger partial charge in [0, 0.05) is 18.2 Å². The Morgan fingerprint density at radius 1 is 1.53 bits per heavy atom. The Bertz CT molecular complexity index is 478. The number of hydrogen-bond donors (Lipinski definition) is 0. The first-order valence-corrected chi connectivity index (χ1v) is 5.92. The predicted octanol–water partition coefficient (Wildman–Crippen LogP) is -0.178. The quantitative estimate of drug-likeness (QED) is 0.557. The van der Waals surface area contributed by atoms with Gasteiger partial charge in [0.15, 0.2) is 0 Å². The zero-order chi connectivity index (χ0) is 14.0. The van der Waals surface area contributed by atoms with E-state index >= 15 is 0 Å². The summed E-state index contributed by atoms with van der Waals surface area (Å²) in [5.41, 5.74) is 0. The maximum atomic E-state index is 12.0. The third kappa shape index (κ3) is 3.25. The van der Waals surface area contributed by atoms with Crippen molar-refractivity contribution in [2.45, 2.75) is 32.6 Å². The molecule has 0 saturated carbocycles. The van der Waals surface area contributed by atoms with Gasteiger partial charge in [-0.25, -0.2) is 0 Å². The highest BCUT2D eigenvalue weighted by atomic mass is 16.6. The summed E-state index contributed by atoms with van der Waals surface area (Å²) < 4.78 is 6.71. The fourth-order valence-electron chi connectivity index (χ4n) is 2.06. The molecule has 0 N–H and O–H groups in total. The van der Waals surface area contributed by atoms with E-state index in [0.29, 0.717) is 13.1 Å². The minimum Gasteiger partial charge on any atom is -0.390 e. The molecule has 0 spiro atoms. The van der Waals surface area contributed by atoms with E-state index in [1.807, 2.05) is 13.8 Å². The van der Waals surface area contributed by atoms with Gasteiger partial charge < -0.3 is 19.8 Å². The highest BCUT2D eigenvalue weighted by Gasteiger charge is 2.27. The smallest absolute Gasteiger partial charge is 0.390 e. The van der Waals surface area contributed by atoms with E-state index in [1.54, 1.807) is 4.90 Å². The van der Waals surface area contributed by atoms with Crippen molar-refractivity contribution in [3.05, 3.63) is 16.4 Å². The van der Waals surface area contributed by atoms with Gasteiger partial charge in [-0.3, -0.25) is 4.79 Å². The van der Waals surface area contributed by atoms with Crippen LogP contribution in [0.5, 0.6) is 0 Å². The lowest BCUT2D eigenvalue weighted by atomic mass is 10.2. The third-order valence-electron chi connectivity index (χ3n) is 2.76. The van der Waals surface area contributed by atoms with Crippen LogP contribution in [0.2, 0.25) is 0 Å². The first kappa shape index (κ1) is 13.4. The molecule has 1 aromatic rings. The summed E-state index contributed by atoms with van der Waals surface area (Å²) in [6.07, 6.45) is 1.15. The second kappa shape index (κ2) is 5.31. The average molecular weight is 269 g/mol. The van der Waals surface area contributed by atoms with E-state index in [4.69, 9.17) is 4.74 Å². The summed E-state index contributed by atoms with van der Waals surface area (Å²) in [4.78, 5) is 27.0. The van der Waals surface area contributed by atoms with E-state index in [1.165, 1.54) is 11.0 Å². The van der Waals surface area contributed by atoms with Crippen molar-refractivity contribution >= 4 is 11.9 Å². The third-order valence-corrected chi connectivity index (χ3v) is 2.76. The number of nitro groups is 1. The maximum absolute atomic E-state index is 12.0. The highest BCUT2D eigenvalue weighted by Crippen LogP contribution is 2.11. The molecule has 1 aliphatic rings. The molecule has 0 aliphatic carbocycles. The molecule has 1 aromatic heterocycles. The van der Waals surface area contributed by atoms with Crippen LogP contribution in [0.4, 0.5) is 5.95 Å². The molecule has 0 bridgehead atoms. The number of carbonyl (C=O) groups is 1. The summed E-state index contributed by atoms with van der Waals surface area (Å²) in [6.45, 7) is 4.77. The molecular formula is C10H15N5O4. The van der Waals surface area contributed by atoms with Crippen LogP contribution in [0.15, 0.2) is 6.33 Å². The van der Waals surface area contributed by atoms with Crippen molar-refractivity contribution < 1.29 is 14.5 Å². The average Bonchev–Trinajstić information content (AvgIpc) is 2.76. The topological polar surface area (TPSA) is 103 Å². The van der Waals surface area contributed by atoms with Crippen molar-refractivity contribution in [2.75, 3.05) is 13.1 Å². The first-order chi connectivity index (χ1) is 8.95. The van der Waals surface area contributed by atoms with Crippen LogP contribution in [0.25, 0.3) is 0 Å². The molecular weight excluding hydrogens is 254 g/mol. The van der Waals surface area contributed by atoms with Gasteiger partial charge >= 0.3 is 5.95 Å². The highest BCUT2D eigenvalue weighted by molar-refractivity contribution is 5.76. The number of nitrogens with zero attached hydrogens (tertiary/aromatic N) is 5. The molecule has 0 aromatic carbocycles. The number of aromatic nitrogens is 3.